The Morgan fingerprint density at radius 2 is 2.16 bits per heavy atom. The van der Waals surface area contributed by atoms with E-state index in [1.807, 2.05) is 0 Å². The molecule has 0 saturated heterocycles. The monoisotopic (exact) mass is 323 g/mol. The normalized spacial score (nSPS) is 22.7. The average Bonchev–Trinajstić information content (AvgIpc) is 3.10. The topological polar surface area (TPSA) is 35.2 Å². The molecule has 1 unspecified atom stereocenters. The van der Waals surface area contributed by atoms with Crippen LogP contribution in [0.4, 0.5) is 0 Å². The third-order valence-corrected chi connectivity index (χ3v) is 5.33. The molecule has 0 radical (unpaired) electrons. The van der Waals surface area contributed by atoms with Gasteiger partial charge in [0.15, 0.2) is 0 Å². The summed E-state index contributed by atoms with van der Waals surface area (Å²) in [7, 11) is 0. The minimum atomic E-state index is 0.152. The third-order valence-electron chi connectivity index (χ3n) is 4.84. The van der Waals surface area contributed by atoms with Crippen LogP contribution < -0.4 is 10.5 Å². The van der Waals surface area contributed by atoms with E-state index in [1.54, 1.807) is 0 Å². The van der Waals surface area contributed by atoms with Gasteiger partial charge in [0.2, 0.25) is 0 Å². The van der Waals surface area contributed by atoms with Crippen LogP contribution in [0.3, 0.4) is 0 Å². The zero-order valence-electron chi connectivity index (χ0n) is 11.5. The lowest BCUT2D eigenvalue weighted by Gasteiger charge is -2.28. The van der Waals surface area contributed by atoms with Crippen molar-refractivity contribution in [3.8, 4) is 5.75 Å². The van der Waals surface area contributed by atoms with Crippen LogP contribution in [0.1, 0.15) is 44.6 Å². The SMILES string of the molecule is CC(N)C1(c2cc(Br)ccc2OCC2CCC2)CC1. The molecule has 1 aromatic carbocycles. The molecule has 2 N–H and O–H groups in total. The molecule has 2 fully saturated rings. The number of hydrogen-bond donors (Lipinski definition) is 1. The van der Waals surface area contributed by atoms with Crippen molar-refractivity contribution in [3.05, 3.63) is 28.2 Å². The fraction of sp³-hybridized carbons (Fsp3) is 0.625. The van der Waals surface area contributed by atoms with Crippen LogP contribution in [0.25, 0.3) is 0 Å². The highest BCUT2D eigenvalue weighted by Gasteiger charge is 2.49. The molecule has 104 valence electrons. The Hall–Kier alpha value is -0.540. The molecule has 0 bridgehead atoms. The van der Waals surface area contributed by atoms with E-state index in [0.29, 0.717) is 0 Å². The molecule has 0 amide bonds. The van der Waals surface area contributed by atoms with E-state index in [9.17, 15) is 0 Å². The summed E-state index contributed by atoms with van der Waals surface area (Å²) in [6, 6.07) is 6.55. The van der Waals surface area contributed by atoms with E-state index in [1.165, 1.54) is 37.7 Å². The Labute approximate surface area is 123 Å². The molecular formula is C16H22BrNO. The van der Waals surface area contributed by atoms with Crippen molar-refractivity contribution in [2.45, 2.75) is 50.5 Å². The van der Waals surface area contributed by atoms with E-state index in [2.05, 4.69) is 41.1 Å². The number of halogens is 1. The molecule has 2 aliphatic carbocycles. The smallest absolute Gasteiger partial charge is 0.123 e. The van der Waals surface area contributed by atoms with Crippen LogP contribution >= 0.6 is 15.9 Å². The highest BCUT2D eigenvalue weighted by atomic mass is 79.9. The second-order valence-corrected chi connectivity index (χ2v) is 7.11. The summed E-state index contributed by atoms with van der Waals surface area (Å²) in [5.41, 5.74) is 7.66. The first-order valence-corrected chi connectivity index (χ1v) is 8.09. The maximum absolute atomic E-state index is 6.21. The summed E-state index contributed by atoms with van der Waals surface area (Å²) in [5, 5.41) is 0. The van der Waals surface area contributed by atoms with Gasteiger partial charge in [-0.1, -0.05) is 22.4 Å². The van der Waals surface area contributed by atoms with Gasteiger partial charge < -0.3 is 10.5 Å². The molecule has 3 rings (SSSR count). The van der Waals surface area contributed by atoms with Gasteiger partial charge in [-0.05, 0) is 56.7 Å². The van der Waals surface area contributed by atoms with Crippen LogP contribution in [0, 0.1) is 5.92 Å². The number of nitrogens with two attached hydrogens (primary N) is 1. The molecule has 3 heteroatoms. The molecule has 2 aliphatic rings. The van der Waals surface area contributed by atoms with Gasteiger partial charge in [0.25, 0.3) is 0 Å². The quantitative estimate of drug-likeness (QED) is 0.888. The van der Waals surface area contributed by atoms with E-state index >= 15 is 0 Å². The van der Waals surface area contributed by atoms with Crippen LogP contribution in [0.15, 0.2) is 22.7 Å². The summed E-state index contributed by atoms with van der Waals surface area (Å²) in [4.78, 5) is 0. The first-order chi connectivity index (χ1) is 9.12. The Morgan fingerprint density at radius 3 is 2.68 bits per heavy atom. The molecule has 1 aromatic rings. The Bertz CT molecular complexity index is 464. The number of ether oxygens (including phenoxy) is 1. The highest BCUT2D eigenvalue weighted by Crippen LogP contribution is 2.53. The predicted octanol–water partition coefficient (Wildman–Crippen LogP) is 4.01. The van der Waals surface area contributed by atoms with Crippen molar-refractivity contribution in [1.82, 2.24) is 0 Å². The largest absolute Gasteiger partial charge is 0.493 e. The van der Waals surface area contributed by atoms with Crippen molar-refractivity contribution < 1.29 is 4.74 Å². The minimum absolute atomic E-state index is 0.152. The predicted molar refractivity (Wildman–Crippen MR) is 81.5 cm³/mol. The molecule has 0 heterocycles. The van der Waals surface area contributed by atoms with Gasteiger partial charge >= 0.3 is 0 Å². The standard InChI is InChI=1S/C16H22BrNO/c1-11(18)16(7-8-16)14-9-13(17)5-6-15(14)19-10-12-3-2-4-12/h5-6,9,11-12H,2-4,7-8,10,18H2,1H3. The lowest BCUT2D eigenvalue weighted by Crippen LogP contribution is -2.32. The minimum Gasteiger partial charge on any atom is -0.493 e. The Balaban J connectivity index is 1.82. The van der Waals surface area contributed by atoms with E-state index < -0.39 is 0 Å². The zero-order chi connectivity index (χ0) is 13.5. The summed E-state index contributed by atoms with van der Waals surface area (Å²) >= 11 is 3.57. The van der Waals surface area contributed by atoms with Crippen LogP contribution in [-0.4, -0.2) is 12.6 Å². The first-order valence-electron chi connectivity index (χ1n) is 7.30. The van der Waals surface area contributed by atoms with Gasteiger partial charge in [0, 0.05) is 21.5 Å². The molecule has 1 atom stereocenters. The average molecular weight is 324 g/mol. The van der Waals surface area contributed by atoms with Gasteiger partial charge in [-0.15, -0.1) is 0 Å². The summed E-state index contributed by atoms with van der Waals surface area (Å²) < 4.78 is 7.21. The molecule has 19 heavy (non-hydrogen) atoms. The highest BCUT2D eigenvalue weighted by molar-refractivity contribution is 9.10. The fourth-order valence-corrected chi connectivity index (χ4v) is 3.35. The van der Waals surface area contributed by atoms with E-state index in [4.69, 9.17) is 10.5 Å². The fourth-order valence-electron chi connectivity index (χ4n) is 2.99. The second-order valence-electron chi connectivity index (χ2n) is 6.19. The van der Waals surface area contributed by atoms with Gasteiger partial charge in [0.05, 0.1) is 6.61 Å². The van der Waals surface area contributed by atoms with Crippen LogP contribution in [0.5, 0.6) is 5.75 Å². The Morgan fingerprint density at radius 1 is 1.42 bits per heavy atom. The summed E-state index contributed by atoms with van der Waals surface area (Å²) in [5.74, 6) is 1.81. The number of benzene rings is 1. The second kappa shape index (κ2) is 5.10. The zero-order valence-corrected chi connectivity index (χ0v) is 13.1. The molecule has 0 spiro atoms. The molecule has 0 aromatic heterocycles. The summed E-state index contributed by atoms with van der Waals surface area (Å²) in [6.07, 6.45) is 6.38. The molecule has 0 aliphatic heterocycles. The Kier molecular flexibility index (Phi) is 3.61. The third kappa shape index (κ3) is 2.55. The number of rotatable bonds is 5. The van der Waals surface area contributed by atoms with E-state index in [-0.39, 0.29) is 11.5 Å². The van der Waals surface area contributed by atoms with Crippen molar-refractivity contribution >= 4 is 15.9 Å². The van der Waals surface area contributed by atoms with Crippen molar-refractivity contribution in [2.75, 3.05) is 6.61 Å². The maximum Gasteiger partial charge on any atom is 0.123 e. The molecule has 2 saturated carbocycles. The van der Waals surface area contributed by atoms with Crippen molar-refractivity contribution in [3.63, 3.8) is 0 Å². The lowest BCUT2D eigenvalue weighted by atomic mass is 9.86. The van der Waals surface area contributed by atoms with E-state index in [0.717, 1.165) is 22.7 Å². The number of hydrogen-bond acceptors (Lipinski definition) is 2. The van der Waals surface area contributed by atoms with Crippen LogP contribution in [-0.2, 0) is 5.41 Å². The maximum atomic E-state index is 6.21. The first kappa shape index (κ1) is 13.4. The summed E-state index contributed by atoms with van der Waals surface area (Å²) in [6.45, 7) is 2.98. The van der Waals surface area contributed by atoms with Crippen molar-refractivity contribution in [1.29, 1.82) is 0 Å². The van der Waals surface area contributed by atoms with Gasteiger partial charge in [-0.2, -0.15) is 0 Å². The molecule has 2 nitrogen and oxygen atoms in total. The van der Waals surface area contributed by atoms with Crippen LogP contribution in [0.2, 0.25) is 0 Å². The van der Waals surface area contributed by atoms with Crippen molar-refractivity contribution in [2.24, 2.45) is 11.7 Å². The van der Waals surface area contributed by atoms with Gasteiger partial charge in [-0.3, -0.25) is 0 Å². The lowest BCUT2D eigenvalue weighted by molar-refractivity contribution is 0.178. The molecular weight excluding hydrogens is 302 g/mol. The van der Waals surface area contributed by atoms with Gasteiger partial charge in [-0.25, -0.2) is 0 Å². The van der Waals surface area contributed by atoms with Gasteiger partial charge in [0.1, 0.15) is 5.75 Å².